The van der Waals surface area contributed by atoms with E-state index in [1.807, 2.05) is 6.20 Å². The van der Waals surface area contributed by atoms with Gasteiger partial charge in [0, 0.05) is 17.9 Å². The van der Waals surface area contributed by atoms with Crippen molar-refractivity contribution in [1.29, 1.82) is 0 Å². The minimum absolute atomic E-state index is 0.299. The summed E-state index contributed by atoms with van der Waals surface area (Å²) in [6, 6.07) is 0.480. The molecule has 1 unspecified atom stereocenters. The molecule has 2 aliphatic rings. The monoisotopic (exact) mass is 290 g/mol. The van der Waals surface area contributed by atoms with E-state index >= 15 is 0 Å². The molecule has 0 N–H and O–H groups in total. The highest BCUT2D eigenvalue weighted by molar-refractivity contribution is 6.62. The Labute approximate surface area is 128 Å². The third-order valence-corrected chi connectivity index (χ3v) is 5.67. The molecular weight excluding hydrogens is 263 g/mol. The predicted octanol–water partition coefficient (Wildman–Crippen LogP) is 2.93. The van der Waals surface area contributed by atoms with Crippen LogP contribution in [0.4, 0.5) is 0 Å². The highest BCUT2D eigenvalue weighted by Gasteiger charge is 2.52. The van der Waals surface area contributed by atoms with E-state index < -0.39 is 0 Å². The second-order valence-electron chi connectivity index (χ2n) is 8.24. The lowest BCUT2D eigenvalue weighted by Crippen LogP contribution is -2.41. The zero-order valence-corrected chi connectivity index (χ0v) is 14.1. The van der Waals surface area contributed by atoms with Crippen LogP contribution in [0.15, 0.2) is 12.4 Å². The molecule has 5 heteroatoms. The maximum Gasteiger partial charge on any atom is 0.498 e. The average Bonchev–Trinajstić information content (AvgIpc) is 2.97. The summed E-state index contributed by atoms with van der Waals surface area (Å²) in [6.07, 6.45) is 7.76. The van der Waals surface area contributed by atoms with E-state index in [-0.39, 0.29) is 18.3 Å². The molecule has 1 aliphatic carbocycles. The summed E-state index contributed by atoms with van der Waals surface area (Å²) in [6.45, 7) is 13.0. The largest absolute Gasteiger partial charge is 0.498 e. The third-order valence-electron chi connectivity index (χ3n) is 5.67. The fourth-order valence-electron chi connectivity index (χ4n) is 3.42. The Morgan fingerprint density at radius 1 is 1.14 bits per heavy atom. The molecule has 1 saturated carbocycles. The van der Waals surface area contributed by atoms with Crippen LogP contribution in [0.3, 0.4) is 0 Å². The highest BCUT2D eigenvalue weighted by atomic mass is 16.7. The molecule has 1 atom stereocenters. The van der Waals surface area contributed by atoms with Crippen molar-refractivity contribution in [2.45, 2.75) is 78.0 Å². The highest BCUT2D eigenvalue weighted by Crippen LogP contribution is 2.45. The van der Waals surface area contributed by atoms with E-state index in [1.54, 1.807) is 0 Å². The molecule has 0 bridgehead atoms. The Balaban J connectivity index is 1.81. The summed E-state index contributed by atoms with van der Waals surface area (Å²) in [5.74, 6) is 0. The van der Waals surface area contributed by atoms with Crippen LogP contribution < -0.4 is 5.46 Å². The predicted molar refractivity (Wildman–Crippen MR) is 84.6 cm³/mol. The second kappa shape index (κ2) is 4.59. The summed E-state index contributed by atoms with van der Waals surface area (Å²) < 4.78 is 14.3. The van der Waals surface area contributed by atoms with E-state index in [9.17, 15) is 0 Å². The van der Waals surface area contributed by atoms with Gasteiger partial charge in [0.2, 0.25) is 0 Å². The molecule has 0 amide bonds. The molecule has 1 saturated heterocycles. The van der Waals surface area contributed by atoms with Gasteiger partial charge in [-0.25, -0.2) is 0 Å². The van der Waals surface area contributed by atoms with Gasteiger partial charge in [-0.15, -0.1) is 0 Å². The van der Waals surface area contributed by atoms with E-state index in [0.29, 0.717) is 11.5 Å². The minimum Gasteiger partial charge on any atom is -0.399 e. The summed E-state index contributed by atoms with van der Waals surface area (Å²) in [5.41, 5.74) is 0.745. The van der Waals surface area contributed by atoms with Crippen molar-refractivity contribution >= 4 is 12.6 Å². The Morgan fingerprint density at radius 2 is 1.76 bits per heavy atom. The van der Waals surface area contributed by atoms with Crippen LogP contribution >= 0.6 is 0 Å². The van der Waals surface area contributed by atoms with E-state index in [2.05, 4.69) is 57.5 Å². The van der Waals surface area contributed by atoms with Crippen molar-refractivity contribution in [3.8, 4) is 0 Å². The van der Waals surface area contributed by atoms with Crippen LogP contribution in [0.1, 0.15) is 66.8 Å². The third kappa shape index (κ3) is 2.44. The maximum absolute atomic E-state index is 6.10. The molecule has 1 aromatic rings. The number of hydrogen-bond donors (Lipinski definition) is 0. The van der Waals surface area contributed by atoms with Gasteiger partial charge in [-0.3, -0.25) is 4.68 Å². The van der Waals surface area contributed by atoms with Crippen LogP contribution in [0.25, 0.3) is 0 Å². The van der Waals surface area contributed by atoms with Crippen molar-refractivity contribution in [2.24, 2.45) is 5.41 Å². The lowest BCUT2D eigenvalue weighted by Gasteiger charge is -2.32. The van der Waals surface area contributed by atoms with Gasteiger partial charge < -0.3 is 9.31 Å². The van der Waals surface area contributed by atoms with Gasteiger partial charge in [0.25, 0.3) is 0 Å². The molecule has 2 heterocycles. The molecule has 21 heavy (non-hydrogen) atoms. The van der Waals surface area contributed by atoms with E-state index in [4.69, 9.17) is 9.31 Å². The van der Waals surface area contributed by atoms with E-state index in [1.165, 1.54) is 19.3 Å². The topological polar surface area (TPSA) is 36.3 Å². The summed E-state index contributed by atoms with van der Waals surface area (Å²) in [4.78, 5) is 0. The summed E-state index contributed by atoms with van der Waals surface area (Å²) in [7, 11) is -0.312. The van der Waals surface area contributed by atoms with Gasteiger partial charge in [0.1, 0.15) is 0 Å². The number of hydrogen-bond acceptors (Lipinski definition) is 3. The average molecular weight is 290 g/mol. The van der Waals surface area contributed by atoms with Crippen molar-refractivity contribution in [3.05, 3.63) is 12.4 Å². The first-order valence-electron chi connectivity index (χ1n) is 8.02. The standard InChI is InChI=1S/C16H27BN2O2/c1-14(2)9-7-8-13(14)19-11-12(10-18-19)17-20-15(3,4)16(5,6)21-17/h10-11,13H,7-9H2,1-6H3. The Bertz CT molecular complexity index is 520. The molecule has 4 nitrogen and oxygen atoms in total. The quantitative estimate of drug-likeness (QED) is 0.786. The smallest absolute Gasteiger partial charge is 0.399 e. The summed E-state index contributed by atoms with van der Waals surface area (Å²) in [5, 5.41) is 4.59. The van der Waals surface area contributed by atoms with Crippen molar-refractivity contribution in [1.82, 2.24) is 9.78 Å². The molecular formula is C16H27BN2O2. The van der Waals surface area contributed by atoms with Crippen LogP contribution in [-0.4, -0.2) is 28.1 Å². The van der Waals surface area contributed by atoms with Crippen molar-refractivity contribution in [3.63, 3.8) is 0 Å². The first-order chi connectivity index (χ1) is 9.62. The fourth-order valence-corrected chi connectivity index (χ4v) is 3.42. The second-order valence-corrected chi connectivity index (χ2v) is 8.24. The lowest BCUT2D eigenvalue weighted by atomic mass is 9.81. The van der Waals surface area contributed by atoms with Crippen LogP contribution in [0.2, 0.25) is 0 Å². The summed E-state index contributed by atoms with van der Waals surface area (Å²) >= 11 is 0. The van der Waals surface area contributed by atoms with Gasteiger partial charge in [0.15, 0.2) is 0 Å². The molecule has 0 aromatic carbocycles. The Hall–Kier alpha value is -0.805. The van der Waals surface area contributed by atoms with E-state index in [0.717, 1.165) is 5.46 Å². The van der Waals surface area contributed by atoms with Crippen molar-refractivity contribution < 1.29 is 9.31 Å². The van der Waals surface area contributed by atoms with Crippen LogP contribution in [0, 0.1) is 5.41 Å². The number of aromatic nitrogens is 2. The SMILES string of the molecule is CC1(C)CCCC1n1cc(B2OC(C)(C)C(C)(C)O2)cn1. The molecule has 2 fully saturated rings. The molecule has 0 spiro atoms. The molecule has 3 rings (SSSR count). The number of rotatable bonds is 2. The zero-order valence-electron chi connectivity index (χ0n) is 14.1. The van der Waals surface area contributed by atoms with Crippen molar-refractivity contribution in [2.75, 3.05) is 0 Å². The Kier molecular flexibility index (Phi) is 3.30. The Morgan fingerprint density at radius 3 is 2.29 bits per heavy atom. The minimum atomic E-state index is -0.312. The lowest BCUT2D eigenvalue weighted by molar-refractivity contribution is 0.00578. The van der Waals surface area contributed by atoms with Crippen LogP contribution in [-0.2, 0) is 9.31 Å². The van der Waals surface area contributed by atoms with Gasteiger partial charge in [0.05, 0.1) is 17.2 Å². The molecule has 116 valence electrons. The van der Waals surface area contributed by atoms with Gasteiger partial charge in [-0.1, -0.05) is 20.3 Å². The molecule has 1 aliphatic heterocycles. The zero-order chi connectivity index (χ0) is 15.5. The first-order valence-corrected chi connectivity index (χ1v) is 8.02. The maximum atomic E-state index is 6.10. The normalized spacial score (nSPS) is 30.0. The number of nitrogens with zero attached hydrogens (tertiary/aromatic N) is 2. The van der Waals surface area contributed by atoms with Crippen LogP contribution in [0.5, 0.6) is 0 Å². The molecule has 1 aromatic heterocycles. The fraction of sp³-hybridized carbons (Fsp3) is 0.812. The van der Waals surface area contributed by atoms with Gasteiger partial charge >= 0.3 is 7.12 Å². The molecule has 0 radical (unpaired) electrons. The first kappa shape index (κ1) is 15.1. The van der Waals surface area contributed by atoms with Gasteiger partial charge in [-0.2, -0.15) is 5.10 Å². The van der Waals surface area contributed by atoms with Gasteiger partial charge in [-0.05, 0) is 46.0 Å².